The molecule has 3 heterocycles. The fraction of sp³-hybridized carbons (Fsp3) is 0.545. The molecule has 4 rings (SSSR count). The number of hydrogen-bond acceptors (Lipinski definition) is 3. The van der Waals surface area contributed by atoms with Crippen molar-refractivity contribution >= 4 is 11.6 Å². The van der Waals surface area contributed by atoms with E-state index >= 15 is 0 Å². The summed E-state index contributed by atoms with van der Waals surface area (Å²) in [5.74, 6) is 1.39. The summed E-state index contributed by atoms with van der Waals surface area (Å²) in [5.41, 5.74) is 2.27. The molecule has 0 amide bonds. The molecular weight excluding hydrogens is 350 g/mol. The fourth-order valence-electron chi connectivity index (χ4n) is 4.18. The van der Waals surface area contributed by atoms with Gasteiger partial charge in [-0.2, -0.15) is 5.10 Å². The maximum Gasteiger partial charge on any atom is 0.198 e. The molecule has 0 bridgehead atoms. The fourth-order valence-corrected chi connectivity index (χ4v) is 4.18. The Morgan fingerprint density at radius 2 is 2.00 bits per heavy atom. The normalized spacial score (nSPS) is 23.2. The van der Waals surface area contributed by atoms with E-state index in [2.05, 4.69) is 52.6 Å². The lowest BCUT2D eigenvalue weighted by Gasteiger charge is -2.30. The van der Waals surface area contributed by atoms with E-state index in [4.69, 9.17) is 9.73 Å². The minimum absolute atomic E-state index is 0.0885. The number of rotatable bonds is 5. The lowest BCUT2D eigenvalue weighted by molar-refractivity contribution is 0.0850. The molecule has 0 radical (unpaired) electrons. The number of guanidine groups is 1. The van der Waals surface area contributed by atoms with E-state index in [0.29, 0.717) is 5.92 Å². The molecule has 2 aliphatic heterocycles. The number of ether oxygens (including phenoxy) is 1. The molecule has 2 aromatic rings. The van der Waals surface area contributed by atoms with Gasteiger partial charge in [-0.25, -0.2) is 0 Å². The number of hydrogen-bond donors (Lipinski definition) is 1. The number of aromatic nitrogens is 2. The van der Waals surface area contributed by atoms with Gasteiger partial charge < -0.3 is 15.0 Å². The Balaban J connectivity index is 1.50. The zero-order chi connectivity index (χ0) is 19.2. The highest BCUT2D eigenvalue weighted by Gasteiger charge is 2.32. The van der Waals surface area contributed by atoms with Crippen LogP contribution < -0.4 is 5.32 Å². The molecule has 1 N–H and O–H groups in total. The van der Waals surface area contributed by atoms with Crippen LogP contribution in [0.2, 0.25) is 0 Å². The molecule has 2 saturated heterocycles. The van der Waals surface area contributed by atoms with E-state index in [0.717, 1.165) is 50.9 Å². The highest BCUT2D eigenvalue weighted by Crippen LogP contribution is 2.34. The van der Waals surface area contributed by atoms with Gasteiger partial charge in [-0.3, -0.25) is 9.67 Å². The molecule has 0 saturated carbocycles. The van der Waals surface area contributed by atoms with Crippen molar-refractivity contribution in [3.63, 3.8) is 0 Å². The van der Waals surface area contributed by atoms with Gasteiger partial charge in [0.1, 0.15) is 6.10 Å². The van der Waals surface area contributed by atoms with Gasteiger partial charge in [0, 0.05) is 50.6 Å². The highest BCUT2D eigenvalue weighted by atomic mass is 16.5. The Morgan fingerprint density at radius 1 is 1.18 bits per heavy atom. The summed E-state index contributed by atoms with van der Waals surface area (Å²) < 4.78 is 8.13. The van der Waals surface area contributed by atoms with E-state index in [-0.39, 0.29) is 6.10 Å². The number of anilines is 1. The Hall–Kier alpha value is -2.34. The number of piperidine rings is 1. The quantitative estimate of drug-likeness (QED) is 0.630. The number of benzene rings is 1. The standard InChI is InChI=1S/C22H31N5O/c1-2-27-20(11-13-24-27)21-18(12-16-28-21)17-23-22(26-14-7-4-8-15-26)25-19-9-5-3-6-10-19/h3,5-6,9-11,13,18,21H,2,4,7-8,12,14-17H2,1H3,(H,23,25)/t18-,21+/m0/s1. The molecule has 6 nitrogen and oxygen atoms in total. The smallest absolute Gasteiger partial charge is 0.198 e. The van der Waals surface area contributed by atoms with E-state index in [1.807, 2.05) is 16.9 Å². The molecule has 0 aliphatic carbocycles. The first-order valence-corrected chi connectivity index (χ1v) is 10.6. The lowest BCUT2D eigenvalue weighted by atomic mass is 9.99. The van der Waals surface area contributed by atoms with Crippen molar-refractivity contribution in [3.8, 4) is 0 Å². The summed E-state index contributed by atoms with van der Waals surface area (Å²) in [6.07, 6.45) is 6.79. The maximum atomic E-state index is 6.08. The molecule has 1 aromatic carbocycles. The van der Waals surface area contributed by atoms with E-state index in [1.54, 1.807) is 0 Å². The van der Waals surface area contributed by atoms with E-state index < -0.39 is 0 Å². The third-order valence-corrected chi connectivity index (χ3v) is 5.72. The molecule has 1 aromatic heterocycles. The van der Waals surface area contributed by atoms with Gasteiger partial charge in [0.15, 0.2) is 5.96 Å². The van der Waals surface area contributed by atoms with E-state index in [1.165, 1.54) is 25.0 Å². The Labute approximate surface area is 167 Å². The molecule has 28 heavy (non-hydrogen) atoms. The molecular formula is C22H31N5O. The van der Waals surface area contributed by atoms with Crippen molar-refractivity contribution in [3.05, 3.63) is 48.3 Å². The first-order valence-electron chi connectivity index (χ1n) is 10.6. The topological polar surface area (TPSA) is 54.7 Å². The van der Waals surface area contributed by atoms with Gasteiger partial charge in [0.2, 0.25) is 0 Å². The van der Waals surface area contributed by atoms with Crippen LogP contribution in [0, 0.1) is 5.92 Å². The Morgan fingerprint density at radius 3 is 2.79 bits per heavy atom. The van der Waals surface area contributed by atoms with Crippen LogP contribution in [0.25, 0.3) is 0 Å². The zero-order valence-electron chi connectivity index (χ0n) is 16.8. The van der Waals surface area contributed by atoms with Gasteiger partial charge in [-0.05, 0) is 50.8 Å². The van der Waals surface area contributed by atoms with Crippen LogP contribution in [0.5, 0.6) is 0 Å². The second-order valence-corrected chi connectivity index (χ2v) is 7.62. The van der Waals surface area contributed by atoms with Crippen molar-refractivity contribution in [1.29, 1.82) is 0 Å². The minimum Gasteiger partial charge on any atom is -0.372 e. The molecule has 2 aliphatic rings. The second-order valence-electron chi connectivity index (χ2n) is 7.62. The largest absolute Gasteiger partial charge is 0.372 e. The first-order chi connectivity index (χ1) is 13.8. The summed E-state index contributed by atoms with van der Waals surface area (Å²) in [7, 11) is 0. The Bertz CT molecular complexity index is 766. The van der Waals surface area contributed by atoms with Crippen LogP contribution in [-0.2, 0) is 11.3 Å². The zero-order valence-corrected chi connectivity index (χ0v) is 16.8. The number of nitrogens with zero attached hydrogens (tertiary/aromatic N) is 4. The average Bonchev–Trinajstić information content (AvgIpc) is 3.41. The predicted molar refractivity (Wildman–Crippen MR) is 112 cm³/mol. The van der Waals surface area contributed by atoms with Crippen molar-refractivity contribution in [2.24, 2.45) is 10.9 Å². The third-order valence-electron chi connectivity index (χ3n) is 5.72. The van der Waals surface area contributed by atoms with Crippen LogP contribution in [0.15, 0.2) is 47.6 Å². The Kier molecular flexibility index (Phi) is 6.27. The van der Waals surface area contributed by atoms with Crippen LogP contribution >= 0.6 is 0 Å². The van der Waals surface area contributed by atoms with Crippen molar-refractivity contribution in [2.75, 3.05) is 31.6 Å². The van der Waals surface area contributed by atoms with Crippen LogP contribution in [0.1, 0.15) is 44.4 Å². The monoisotopic (exact) mass is 381 g/mol. The SMILES string of the molecule is CCn1nccc1[C@@H]1OCC[C@H]1CN=C(Nc1ccccc1)N1CCCCC1. The molecule has 6 heteroatoms. The second kappa shape index (κ2) is 9.24. The van der Waals surface area contributed by atoms with Crippen molar-refractivity contribution < 1.29 is 4.74 Å². The van der Waals surface area contributed by atoms with Crippen molar-refractivity contribution in [1.82, 2.24) is 14.7 Å². The van der Waals surface area contributed by atoms with Crippen molar-refractivity contribution in [2.45, 2.75) is 45.3 Å². The molecule has 0 spiro atoms. The van der Waals surface area contributed by atoms with Gasteiger partial charge in [0.25, 0.3) is 0 Å². The predicted octanol–water partition coefficient (Wildman–Crippen LogP) is 3.93. The number of aryl methyl sites for hydroxylation is 1. The number of likely N-dealkylation sites (tertiary alicyclic amines) is 1. The minimum atomic E-state index is 0.0885. The summed E-state index contributed by atoms with van der Waals surface area (Å²) in [5, 5.41) is 7.98. The van der Waals surface area contributed by atoms with Gasteiger partial charge >= 0.3 is 0 Å². The third kappa shape index (κ3) is 4.38. The van der Waals surface area contributed by atoms with Gasteiger partial charge in [-0.15, -0.1) is 0 Å². The lowest BCUT2D eigenvalue weighted by Crippen LogP contribution is -2.40. The van der Waals surface area contributed by atoms with Gasteiger partial charge in [-0.1, -0.05) is 18.2 Å². The highest BCUT2D eigenvalue weighted by molar-refractivity contribution is 5.93. The average molecular weight is 382 g/mol. The molecule has 0 unspecified atom stereocenters. The van der Waals surface area contributed by atoms with Gasteiger partial charge in [0.05, 0.1) is 5.69 Å². The van der Waals surface area contributed by atoms with Crippen LogP contribution in [0.3, 0.4) is 0 Å². The summed E-state index contributed by atoms with van der Waals surface area (Å²) in [6.45, 7) is 6.71. The molecule has 2 atom stereocenters. The summed E-state index contributed by atoms with van der Waals surface area (Å²) in [4.78, 5) is 7.46. The number of para-hydroxylation sites is 1. The van der Waals surface area contributed by atoms with E-state index in [9.17, 15) is 0 Å². The molecule has 2 fully saturated rings. The molecule has 150 valence electrons. The maximum absolute atomic E-state index is 6.08. The summed E-state index contributed by atoms with van der Waals surface area (Å²) in [6, 6.07) is 12.4. The number of nitrogens with one attached hydrogen (secondary N) is 1. The van der Waals surface area contributed by atoms with Crippen LogP contribution in [-0.4, -0.2) is 46.9 Å². The first kappa shape index (κ1) is 19.0. The summed E-state index contributed by atoms with van der Waals surface area (Å²) >= 11 is 0. The van der Waals surface area contributed by atoms with Crippen LogP contribution in [0.4, 0.5) is 5.69 Å². The number of aliphatic imine (C=N–C) groups is 1.